The van der Waals surface area contributed by atoms with E-state index in [2.05, 4.69) is 10.2 Å². The lowest BCUT2D eigenvalue weighted by atomic mass is 9.76. The summed E-state index contributed by atoms with van der Waals surface area (Å²) < 4.78 is 0. The lowest BCUT2D eigenvalue weighted by molar-refractivity contribution is -0.386. The number of phenols is 2. The quantitative estimate of drug-likeness (QED) is 0.445. The van der Waals surface area contributed by atoms with E-state index in [1.54, 1.807) is 0 Å². The molecule has 0 bridgehead atoms. The Bertz CT molecular complexity index is 568. The van der Waals surface area contributed by atoms with Gasteiger partial charge >= 0.3 is 5.69 Å². The molecule has 0 aromatic heterocycles. The molecule has 1 aliphatic heterocycles. The Morgan fingerprint density at radius 1 is 1.27 bits per heavy atom. The summed E-state index contributed by atoms with van der Waals surface area (Å²) in [6.07, 6.45) is 3.38. The molecule has 0 radical (unpaired) electrons. The Morgan fingerprint density at radius 3 is 2.50 bits per heavy atom. The molecule has 3 N–H and O–H groups in total. The van der Waals surface area contributed by atoms with Crippen molar-refractivity contribution in [2.75, 3.05) is 26.2 Å². The fourth-order valence-electron chi connectivity index (χ4n) is 3.43. The molecule has 120 valence electrons. The van der Waals surface area contributed by atoms with Gasteiger partial charge in [-0.2, -0.15) is 0 Å². The van der Waals surface area contributed by atoms with Crippen LogP contribution in [-0.4, -0.2) is 46.2 Å². The van der Waals surface area contributed by atoms with Crippen LogP contribution in [0.3, 0.4) is 0 Å². The van der Waals surface area contributed by atoms with E-state index in [-0.39, 0.29) is 6.04 Å². The maximum absolute atomic E-state index is 11.1. The first kappa shape index (κ1) is 15.1. The first-order valence-corrected chi connectivity index (χ1v) is 7.73. The maximum atomic E-state index is 11.1. The van der Waals surface area contributed by atoms with Crippen LogP contribution in [0.2, 0.25) is 0 Å². The van der Waals surface area contributed by atoms with Gasteiger partial charge in [-0.3, -0.25) is 15.0 Å². The molecule has 7 heteroatoms. The molecule has 1 aromatic carbocycles. The second-order valence-electron chi connectivity index (χ2n) is 6.09. The Kier molecular flexibility index (Phi) is 4.17. The van der Waals surface area contributed by atoms with Crippen molar-refractivity contribution in [3.8, 4) is 11.5 Å². The highest BCUT2D eigenvalue weighted by atomic mass is 16.6. The average Bonchev–Trinajstić information content (AvgIpc) is 2.46. The third-order valence-corrected chi connectivity index (χ3v) is 4.77. The smallest absolute Gasteiger partial charge is 0.314 e. The first-order valence-electron chi connectivity index (χ1n) is 7.73. The number of phenolic OH excluding ortho intramolecular Hbond substituents is 2. The summed E-state index contributed by atoms with van der Waals surface area (Å²) in [7, 11) is 0. The van der Waals surface area contributed by atoms with E-state index in [9.17, 15) is 20.3 Å². The minimum absolute atomic E-state index is 0.0704. The van der Waals surface area contributed by atoms with Crippen molar-refractivity contribution in [3.05, 3.63) is 27.8 Å². The third-order valence-electron chi connectivity index (χ3n) is 4.77. The SMILES string of the molecule is O=[N+]([O-])c1cc([C@H](C2CCC2)N2CCNCC2)cc(O)c1O. The van der Waals surface area contributed by atoms with Crippen LogP contribution in [0.15, 0.2) is 12.1 Å². The molecule has 1 saturated heterocycles. The normalized spacial score (nSPS) is 21.3. The van der Waals surface area contributed by atoms with Gasteiger partial charge in [0.05, 0.1) is 4.92 Å². The van der Waals surface area contributed by atoms with Crippen molar-refractivity contribution in [1.29, 1.82) is 0 Å². The molecular formula is C15H21N3O4. The van der Waals surface area contributed by atoms with Crippen LogP contribution in [0.4, 0.5) is 5.69 Å². The van der Waals surface area contributed by atoms with Crippen LogP contribution >= 0.6 is 0 Å². The number of nitrogens with zero attached hydrogens (tertiary/aromatic N) is 2. The predicted molar refractivity (Wildman–Crippen MR) is 81.0 cm³/mol. The lowest BCUT2D eigenvalue weighted by Crippen LogP contribution is -2.47. The van der Waals surface area contributed by atoms with Gasteiger partial charge in [-0.25, -0.2) is 0 Å². The number of aromatic hydroxyl groups is 2. The minimum atomic E-state index is -0.651. The topological polar surface area (TPSA) is 98.9 Å². The molecule has 1 aliphatic carbocycles. The summed E-state index contributed by atoms with van der Waals surface area (Å²) >= 11 is 0. The summed E-state index contributed by atoms with van der Waals surface area (Å²) in [5, 5.41) is 33.9. The van der Waals surface area contributed by atoms with Crippen LogP contribution in [0, 0.1) is 16.0 Å². The van der Waals surface area contributed by atoms with E-state index in [4.69, 9.17) is 0 Å². The zero-order valence-electron chi connectivity index (χ0n) is 12.4. The Hall–Kier alpha value is -1.86. The molecule has 1 saturated carbocycles. The van der Waals surface area contributed by atoms with Crippen LogP contribution in [0.5, 0.6) is 11.5 Å². The molecule has 0 spiro atoms. The zero-order chi connectivity index (χ0) is 15.7. The zero-order valence-corrected chi connectivity index (χ0v) is 12.4. The average molecular weight is 307 g/mol. The van der Waals surface area contributed by atoms with Gasteiger partial charge in [-0.15, -0.1) is 0 Å². The van der Waals surface area contributed by atoms with Gasteiger partial charge in [-0.05, 0) is 30.4 Å². The van der Waals surface area contributed by atoms with E-state index in [1.807, 2.05) is 0 Å². The summed E-state index contributed by atoms with van der Waals surface area (Å²) in [6.45, 7) is 3.57. The van der Waals surface area contributed by atoms with Crippen molar-refractivity contribution < 1.29 is 15.1 Å². The summed E-state index contributed by atoms with van der Waals surface area (Å²) in [5.74, 6) is -0.605. The molecule has 2 fully saturated rings. The van der Waals surface area contributed by atoms with Gasteiger partial charge in [0.25, 0.3) is 0 Å². The van der Waals surface area contributed by atoms with Crippen molar-refractivity contribution in [3.63, 3.8) is 0 Å². The number of nitro benzene ring substituents is 1. The number of benzene rings is 1. The molecule has 22 heavy (non-hydrogen) atoms. The summed E-state index contributed by atoms with van der Waals surface area (Å²) in [5.41, 5.74) is 0.308. The molecule has 2 aliphatic rings. The number of nitrogens with one attached hydrogen (secondary N) is 1. The number of hydrogen-bond donors (Lipinski definition) is 3. The lowest BCUT2D eigenvalue weighted by Gasteiger charge is -2.43. The Labute approximate surface area is 128 Å². The van der Waals surface area contributed by atoms with Gasteiger partial charge in [0.2, 0.25) is 5.75 Å². The second-order valence-corrected chi connectivity index (χ2v) is 6.09. The van der Waals surface area contributed by atoms with Gasteiger partial charge in [-0.1, -0.05) is 6.42 Å². The fraction of sp³-hybridized carbons (Fsp3) is 0.600. The fourth-order valence-corrected chi connectivity index (χ4v) is 3.43. The molecule has 7 nitrogen and oxygen atoms in total. The van der Waals surface area contributed by atoms with E-state index in [1.165, 1.54) is 18.6 Å². The van der Waals surface area contributed by atoms with Gasteiger partial charge in [0.1, 0.15) is 0 Å². The van der Waals surface area contributed by atoms with Crippen molar-refractivity contribution in [2.24, 2.45) is 5.92 Å². The molecule has 1 atom stereocenters. The van der Waals surface area contributed by atoms with Crippen molar-refractivity contribution in [2.45, 2.75) is 25.3 Å². The number of piperazine rings is 1. The second kappa shape index (κ2) is 6.10. The van der Waals surface area contributed by atoms with Crippen LogP contribution in [0.25, 0.3) is 0 Å². The highest BCUT2D eigenvalue weighted by molar-refractivity contribution is 5.57. The first-order chi connectivity index (χ1) is 10.6. The predicted octanol–water partition coefficient (Wildman–Crippen LogP) is 1.75. The summed E-state index contributed by atoms with van der Waals surface area (Å²) in [4.78, 5) is 12.8. The molecule has 0 unspecified atom stereocenters. The molecule has 3 rings (SSSR count). The van der Waals surface area contributed by atoms with Gasteiger partial charge < -0.3 is 15.5 Å². The van der Waals surface area contributed by atoms with Crippen molar-refractivity contribution >= 4 is 5.69 Å². The van der Waals surface area contributed by atoms with Crippen LogP contribution in [-0.2, 0) is 0 Å². The number of nitro groups is 1. The Balaban J connectivity index is 1.98. The number of hydrogen-bond acceptors (Lipinski definition) is 6. The molecule has 1 heterocycles. The van der Waals surface area contributed by atoms with Gasteiger partial charge in [0.15, 0.2) is 5.75 Å². The molecular weight excluding hydrogens is 286 g/mol. The van der Waals surface area contributed by atoms with E-state index in [0.29, 0.717) is 5.92 Å². The highest BCUT2D eigenvalue weighted by Crippen LogP contribution is 2.45. The molecule has 0 amide bonds. The van der Waals surface area contributed by atoms with Crippen molar-refractivity contribution in [1.82, 2.24) is 10.2 Å². The Morgan fingerprint density at radius 2 is 1.95 bits per heavy atom. The maximum Gasteiger partial charge on any atom is 0.314 e. The molecule has 1 aromatic rings. The number of rotatable bonds is 4. The van der Waals surface area contributed by atoms with Crippen LogP contribution in [0.1, 0.15) is 30.9 Å². The van der Waals surface area contributed by atoms with Crippen LogP contribution < -0.4 is 5.32 Å². The largest absolute Gasteiger partial charge is 0.504 e. The van der Waals surface area contributed by atoms with E-state index >= 15 is 0 Å². The highest BCUT2D eigenvalue weighted by Gasteiger charge is 2.35. The minimum Gasteiger partial charge on any atom is -0.504 e. The third kappa shape index (κ3) is 2.74. The van der Waals surface area contributed by atoms with E-state index in [0.717, 1.165) is 44.6 Å². The summed E-state index contributed by atoms with van der Waals surface area (Å²) in [6, 6.07) is 2.97. The monoisotopic (exact) mass is 307 g/mol. The standard InChI is InChI=1S/C15H21N3O4/c19-13-9-11(8-12(15(13)20)18(21)22)14(10-2-1-3-10)17-6-4-16-5-7-17/h8-10,14,16,19-20H,1-7H2/t14-/m0/s1. The van der Waals surface area contributed by atoms with E-state index < -0.39 is 22.1 Å². The van der Waals surface area contributed by atoms with Gasteiger partial charge in [0, 0.05) is 38.3 Å².